The minimum absolute atomic E-state index is 0.336. The molecule has 1 amide bonds. The van der Waals surface area contributed by atoms with Crippen LogP contribution in [0, 0.1) is 0 Å². The number of rotatable bonds is 3. The Balaban J connectivity index is 1.59. The molecular formula is C15H23N3OS. The number of carbonyl (C=O) groups excluding carboxylic acids is 1. The predicted octanol–water partition coefficient (Wildman–Crippen LogP) is 2.24. The summed E-state index contributed by atoms with van der Waals surface area (Å²) in [6.07, 6.45) is 10.2. The largest absolute Gasteiger partial charge is 0.338 e. The molecular weight excluding hydrogens is 270 g/mol. The van der Waals surface area contributed by atoms with Gasteiger partial charge < -0.3 is 9.47 Å². The number of imidazole rings is 1. The molecule has 3 rings (SSSR count). The summed E-state index contributed by atoms with van der Waals surface area (Å²) in [6, 6.07) is 0.501. The molecule has 2 fully saturated rings. The molecule has 1 aliphatic heterocycles. The average Bonchev–Trinajstić information content (AvgIpc) is 2.89. The van der Waals surface area contributed by atoms with Gasteiger partial charge in [0.1, 0.15) is 0 Å². The molecule has 0 aromatic carbocycles. The first-order chi connectivity index (χ1) is 9.75. The molecule has 1 aromatic heterocycles. The van der Waals surface area contributed by atoms with Crippen molar-refractivity contribution in [3.05, 3.63) is 18.2 Å². The smallest absolute Gasteiger partial charge is 0.223 e. The number of hydrogen-bond donors (Lipinski definition) is 0. The molecule has 0 bridgehead atoms. The third-order valence-electron chi connectivity index (χ3n) is 4.56. The molecule has 1 saturated heterocycles. The van der Waals surface area contributed by atoms with Crippen LogP contribution in [0.2, 0.25) is 0 Å². The lowest BCUT2D eigenvalue weighted by Gasteiger charge is -2.43. The molecule has 0 radical (unpaired) electrons. The maximum atomic E-state index is 12.5. The molecule has 2 heterocycles. The van der Waals surface area contributed by atoms with Gasteiger partial charge in [-0.25, -0.2) is 4.98 Å². The lowest BCUT2D eigenvalue weighted by Crippen LogP contribution is -2.51. The lowest BCUT2D eigenvalue weighted by molar-refractivity contribution is -0.134. The van der Waals surface area contributed by atoms with E-state index in [4.69, 9.17) is 0 Å². The number of amides is 1. The number of carbonyl (C=O) groups is 1. The van der Waals surface area contributed by atoms with Gasteiger partial charge in [0.05, 0.1) is 6.33 Å². The lowest BCUT2D eigenvalue weighted by atomic mass is 9.93. The molecule has 1 aliphatic carbocycles. The SMILES string of the molecule is Cn1cncc1CCC(=O)N1CCS[C@H]2CCCC[C@H]21. The van der Waals surface area contributed by atoms with Crippen LogP contribution in [-0.2, 0) is 18.3 Å². The molecule has 0 spiro atoms. The maximum absolute atomic E-state index is 12.5. The van der Waals surface area contributed by atoms with E-state index in [-0.39, 0.29) is 0 Å². The van der Waals surface area contributed by atoms with Crippen LogP contribution < -0.4 is 0 Å². The summed E-state index contributed by atoms with van der Waals surface area (Å²) in [5.41, 5.74) is 1.14. The van der Waals surface area contributed by atoms with Crippen molar-refractivity contribution in [2.75, 3.05) is 12.3 Å². The highest BCUT2D eigenvalue weighted by Crippen LogP contribution is 2.35. The zero-order valence-electron chi connectivity index (χ0n) is 12.1. The fourth-order valence-electron chi connectivity index (χ4n) is 3.41. The van der Waals surface area contributed by atoms with Gasteiger partial charge in [-0.15, -0.1) is 0 Å². The van der Waals surface area contributed by atoms with Gasteiger partial charge in [-0.05, 0) is 19.3 Å². The van der Waals surface area contributed by atoms with E-state index in [9.17, 15) is 4.79 Å². The van der Waals surface area contributed by atoms with Crippen molar-refractivity contribution < 1.29 is 4.79 Å². The van der Waals surface area contributed by atoms with Gasteiger partial charge in [-0.2, -0.15) is 11.8 Å². The Morgan fingerprint density at radius 3 is 3.10 bits per heavy atom. The second-order valence-corrected chi connectivity index (χ2v) is 7.19. The van der Waals surface area contributed by atoms with E-state index in [1.165, 1.54) is 25.7 Å². The van der Waals surface area contributed by atoms with Crippen LogP contribution in [0.4, 0.5) is 0 Å². The van der Waals surface area contributed by atoms with Crippen LogP contribution in [-0.4, -0.2) is 43.9 Å². The van der Waals surface area contributed by atoms with Crippen molar-refractivity contribution in [1.82, 2.24) is 14.5 Å². The van der Waals surface area contributed by atoms with E-state index in [1.54, 1.807) is 6.33 Å². The summed E-state index contributed by atoms with van der Waals surface area (Å²) in [4.78, 5) is 18.8. The first-order valence-corrected chi connectivity index (χ1v) is 8.67. The maximum Gasteiger partial charge on any atom is 0.223 e. The minimum atomic E-state index is 0.336. The van der Waals surface area contributed by atoms with Crippen molar-refractivity contribution >= 4 is 17.7 Å². The zero-order valence-corrected chi connectivity index (χ0v) is 12.9. The van der Waals surface area contributed by atoms with Gasteiger partial charge in [0.15, 0.2) is 0 Å². The van der Waals surface area contributed by atoms with E-state index in [1.807, 2.05) is 17.8 Å². The number of nitrogens with zero attached hydrogens (tertiary/aromatic N) is 3. The highest BCUT2D eigenvalue weighted by molar-refractivity contribution is 8.00. The van der Waals surface area contributed by atoms with Gasteiger partial charge in [0.25, 0.3) is 0 Å². The van der Waals surface area contributed by atoms with Crippen LogP contribution >= 0.6 is 11.8 Å². The highest BCUT2D eigenvalue weighted by Gasteiger charge is 2.35. The molecule has 1 saturated carbocycles. The summed E-state index contributed by atoms with van der Waals surface area (Å²) in [5, 5.41) is 0.693. The van der Waals surface area contributed by atoms with E-state index < -0.39 is 0 Å². The van der Waals surface area contributed by atoms with Gasteiger partial charge in [0.2, 0.25) is 5.91 Å². The zero-order chi connectivity index (χ0) is 13.9. The third kappa shape index (κ3) is 2.87. The normalized spacial score (nSPS) is 26.4. The number of hydrogen-bond acceptors (Lipinski definition) is 3. The number of aromatic nitrogens is 2. The van der Waals surface area contributed by atoms with Crippen molar-refractivity contribution in [3.8, 4) is 0 Å². The minimum Gasteiger partial charge on any atom is -0.338 e. The van der Waals surface area contributed by atoms with Crippen LogP contribution in [0.15, 0.2) is 12.5 Å². The molecule has 110 valence electrons. The number of fused-ring (bicyclic) bond motifs is 1. The fraction of sp³-hybridized carbons (Fsp3) is 0.733. The monoisotopic (exact) mass is 293 g/mol. The molecule has 20 heavy (non-hydrogen) atoms. The second-order valence-electron chi connectivity index (χ2n) is 5.84. The molecule has 4 nitrogen and oxygen atoms in total. The summed E-state index contributed by atoms with van der Waals surface area (Å²) in [6.45, 7) is 0.941. The van der Waals surface area contributed by atoms with E-state index in [0.717, 1.165) is 24.4 Å². The van der Waals surface area contributed by atoms with E-state index >= 15 is 0 Å². The number of thioether (sulfide) groups is 1. The molecule has 0 N–H and O–H groups in total. The van der Waals surface area contributed by atoms with Crippen LogP contribution in [0.3, 0.4) is 0 Å². The van der Waals surface area contributed by atoms with E-state index in [0.29, 0.717) is 23.6 Å². The third-order valence-corrected chi connectivity index (χ3v) is 5.96. The molecule has 1 aromatic rings. The van der Waals surface area contributed by atoms with Gasteiger partial charge in [-0.1, -0.05) is 12.8 Å². The average molecular weight is 293 g/mol. The molecule has 2 atom stereocenters. The van der Waals surface area contributed by atoms with Crippen molar-refractivity contribution in [3.63, 3.8) is 0 Å². The Hall–Kier alpha value is -0.970. The summed E-state index contributed by atoms with van der Waals surface area (Å²) in [5.74, 6) is 1.45. The summed E-state index contributed by atoms with van der Waals surface area (Å²) < 4.78 is 2.00. The standard InChI is InChI=1S/C15H23N3OS/c1-17-11-16-10-12(17)6-7-15(19)18-8-9-20-14-5-3-2-4-13(14)18/h10-11,13-14H,2-9H2,1H3/t13-,14+/m1/s1. The Morgan fingerprint density at radius 2 is 2.30 bits per heavy atom. The van der Waals surface area contributed by atoms with Gasteiger partial charge in [0, 0.05) is 48.9 Å². The van der Waals surface area contributed by atoms with Crippen LogP contribution in [0.1, 0.15) is 37.8 Å². The number of aryl methyl sites for hydroxylation is 2. The Labute approximate surface area is 124 Å². The summed E-state index contributed by atoms with van der Waals surface area (Å²) in [7, 11) is 1.99. The van der Waals surface area contributed by atoms with Gasteiger partial charge >= 0.3 is 0 Å². The van der Waals surface area contributed by atoms with Crippen LogP contribution in [0.5, 0.6) is 0 Å². The topological polar surface area (TPSA) is 38.1 Å². The van der Waals surface area contributed by atoms with Crippen molar-refractivity contribution in [2.24, 2.45) is 7.05 Å². The summed E-state index contributed by atoms with van der Waals surface area (Å²) >= 11 is 2.08. The second kappa shape index (κ2) is 6.20. The van der Waals surface area contributed by atoms with Crippen molar-refractivity contribution in [1.29, 1.82) is 0 Å². The van der Waals surface area contributed by atoms with Crippen molar-refractivity contribution in [2.45, 2.75) is 49.8 Å². The first kappa shape index (κ1) is 14.0. The highest BCUT2D eigenvalue weighted by atomic mass is 32.2. The molecule has 2 aliphatic rings. The Morgan fingerprint density at radius 1 is 1.45 bits per heavy atom. The Kier molecular flexibility index (Phi) is 4.34. The quantitative estimate of drug-likeness (QED) is 0.858. The molecule has 5 heteroatoms. The molecule has 0 unspecified atom stereocenters. The van der Waals surface area contributed by atoms with Gasteiger partial charge in [-0.3, -0.25) is 4.79 Å². The fourth-order valence-corrected chi connectivity index (χ4v) is 4.85. The Bertz CT molecular complexity index is 471. The predicted molar refractivity (Wildman–Crippen MR) is 81.7 cm³/mol. The van der Waals surface area contributed by atoms with Crippen LogP contribution in [0.25, 0.3) is 0 Å². The first-order valence-electron chi connectivity index (χ1n) is 7.62. The van der Waals surface area contributed by atoms with E-state index in [2.05, 4.69) is 21.6 Å².